The Morgan fingerprint density at radius 2 is 1.83 bits per heavy atom. The van der Waals surface area contributed by atoms with Crippen molar-refractivity contribution in [1.29, 1.82) is 0 Å². The molecular formula is C33H34FN5O8. The van der Waals surface area contributed by atoms with E-state index in [1.54, 1.807) is 51.3 Å². The predicted molar refractivity (Wildman–Crippen MR) is 167 cm³/mol. The van der Waals surface area contributed by atoms with E-state index in [4.69, 9.17) is 10.2 Å². The van der Waals surface area contributed by atoms with Crippen molar-refractivity contribution in [3.63, 3.8) is 0 Å². The minimum atomic E-state index is -2.73. The number of aromatic nitrogens is 1. The zero-order valence-electron chi connectivity index (χ0n) is 26.0. The number of benzene rings is 2. The van der Waals surface area contributed by atoms with Gasteiger partial charge in [-0.25, -0.2) is 4.39 Å². The maximum atomic E-state index is 14.2. The smallest absolute Gasteiger partial charge is 0.295 e. The summed E-state index contributed by atoms with van der Waals surface area (Å²) in [6.07, 6.45) is 1.53. The van der Waals surface area contributed by atoms with E-state index >= 15 is 0 Å². The molecule has 1 amide bonds. The quantitative estimate of drug-likeness (QED) is 0.205. The minimum Gasteiger partial charge on any atom is -0.510 e. The molecule has 3 aromatic rings. The summed E-state index contributed by atoms with van der Waals surface area (Å²) in [5.41, 5.74) is 3.96. The van der Waals surface area contributed by atoms with Gasteiger partial charge in [-0.15, -0.1) is 0 Å². The molecule has 47 heavy (non-hydrogen) atoms. The first kappa shape index (κ1) is 31.8. The number of phenolic OH excluding ortho intramolecular Hbond substituents is 1. The molecule has 14 heteroatoms. The van der Waals surface area contributed by atoms with Crippen LogP contribution < -0.4 is 16.0 Å². The van der Waals surface area contributed by atoms with Gasteiger partial charge in [0.05, 0.1) is 11.6 Å². The van der Waals surface area contributed by atoms with Gasteiger partial charge in [0.1, 0.15) is 40.6 Å². The lowest BCUT2D eigenvalue weighted by molar-refractivity contribution is -0.148. The number of nitrogens with zero attached hydrogens (tertiary/aromatic N) is 3. The number of primary amides is 1. The molecule has 1 heterocycles. The third kappa shape index (κ3) is 4.82. The van der Waals surface area contributed by atoms with Crippen molar-refractivity contribution < 1.29 is 43.6 Å². The number of carbonyl (C=O) groups is 3. The molecule has 13 nitrogen and oxygen atoms in total. The molecule has 1 unspecified atom stereocenters. The number of aliphatic hydroxyl groups is 3. The molecule has 3 aliphatic carbocycles. The predicted octanol–water partition coefficient (Wildman–Crippen LogP) is 2.59. The summed E-state index contributed by atoms with van der Waals surface area (Å²) in [7, 11) is 6.70. The van der Waals surface area contributed by atoms with Crippen molar-refractivity contribution in [2.45, 2.75) is 31.0 Å². The Morgan fingerprint density at radius 1 is 1.15 bits per heavy atom. The van der Waals surface area contributed by atoms with Crippen LogP contribution in [0.1, 0.15) is 27.9 Å². The Bertz CT molecular complexity index is 1900. The van der Waals surface area contributed by atoms with E-state index in [1.807, 2.05) is 0 Å². The first-order valence-corrected chi connectivity index (χ1v) is 14.8. The van der Waals surface area contributed by atoms with Crippen LogP contribution in [0.2, 0.25) is 0 Å². The third-order valence-electron chi connectivity index (χ3n) is 9.33. The van der Waals surface area contributed by atoms with Crippen LogP contribution >= 0.6 is 0 Å². The number of phenols is 1. The second-order valence-corrected chi connectivity index (χ2v) is 12.5. The molecule has 2 aromatic carbocycles. The Hall–Kier alpha value is -5.21. The normalized spacial score (nSPS) is 23.9. The van der Waals surface area contributed by atoms with E-state index in [0.29, 0.717) is 28.1 Å². The van der Waals surface area contributed by atoms with Gasteiger partial charge in [0, 0.05) is 48.9 Å². The molecule has 0 radical (unpaired) electrons. The van der Waals surface area contributed by atoms with Crippen molar-refractivity contribution in [2.24, 2.45) is 17.6 Å². The Kier molecular flexibility index (Phi) is 7.60. The van der Waals surface area contributed by atoms with Crippen molar-refractivity contribution in [3.8, 4) is 17.0 Å². The molecule has 1 aromatic heterocycles. The van der Waals surface area contributed by atoms with Gasteiger partial charge in [0.25, 0.3) is 11.9 Å². The number of aliphatic hydroxyl groups excluding tert-OH is 2. The van der Waals surface area contributed by atoms with Gasteiger partial charge in [-0.05, 0) is 68.8 Å². The average molecular weight is 648 g/mol. The summed E-state index contributed by atoms with van der Waals surface area (Å²) in [4.78, 5) is 47.6. The molecule has 4 atom stereocenters. The number of fused-ring (bicyclic) bond motifs is 3. The molecule has 0 saturated heterocycles. The maximum Gasteiger partial charge on any atom is 0.295 e. The molecule has 0 bridgehead atoms. The molecule has 0 saturated carbocycles. The standard InChI is InChI=1S/C33H34FN5O8/c1-38(2)21-11-16(12-36-32-37-20(13-47-32)14-5-7-17(34)8-6-14)26(40)23-18(21)9-15-10-19-25(39(3)4)28(42)24(31(35)45)30(44)33(19,46)29(43)22(15)27(23)41/h5-8,11,13,15,19,25,40,42-43,46H,9-10,12H2,1-4H3,(H2,35,45)(H,36,37)/t15-,19+,25?,33-/m1/s1. The second-order valence-electron chi connectivity index (χ2n) is 12.5. The van der Waals surface area contributed by atoms with Gasteiger partial charge in [0.15, 0.2) is 11.4 Å². The largest absolute Gasteiger partial charge is 0.510 e. The average Bonchev–Trinajstić information content (AvgIpc) is 3.47. The van der Waals surface area contributed by atoms with Crippen LogP contribution in [-0.4, -0.2) is 87.6 Å². The number of carbonyl (C=O) groups excluding carboxylic acids is 3. The first-order chi connectivity index (χ1) is 22.2. The monoisotopic (exact) mass is 647 g/mol. The van der Waals surface area contributed by atoms with E-state index in [-0.39, 0.29) is 42.3 Å². The van der Waals surface area contributed by atoms with Crippen LogP contribution in [0.3, 0.4) is 0 Å². The lowest BCUT2D eigenvalue weighted by Gasteiger charge is -2.50. The van der Waals surface area contributed by atoms with Crippen LogP contribution in [0.25, 0.3) is 11.3 Å². The van der Waals surface area contributed by atoms with E-state index in [0.717, 1.165) is 0 Å². The summed E-state index contributed by atoms with van der Waals surface area (Å²) in [5, 5.41) is 48.8. The van der Waals surface area contributed by atoms with Crippen molar-refractivity contribution in [1.82, 2.24) is 9.88 Å². The maximum absolute atomic E-state index is 14.2. The molecular weight excluding hydrogens is 613 g/mol. The zero-order valence-corrected chi connectivity index (χ0v) is 26.0. The number of Topliss-reactive ketones (excluding diaryl/α,β-unsaturated/α-hetero) is 2. The van der Waals surface area contributed by atoms with Gasteiger partial charge in [-0.3, -0.25) is 19.3 Å². The highest BCUT2D eigenvalue weighted by Crippen LogP contribution is 2.53. The summed E-state index contributed by atoms with van der Waals surface area (Å²) in [6.45, 7) is -0.0356. The van der Waals surface area contributed by atoms with Crippen LogP contribution in [-0.2, 0) is 22.6 Å². The molecule has 6 rings (SSSR count). The van der Waals surface area contributed by atoms with Gasteiger partial charge < -0.3 is 40.8 Å². The SMILES string of the molecule is CN(C)c1cc(CNc2nc(-c3ccc(F)cc3)co2)c(O)c2c1C[C@@H]1C[C@H]3C(N(C)C)C(O)=C(C(N)=O)C(=O)[C@]3(O)C(O)=C1C2=O. The summed E-state index contributed by atoms with van der Waals surface area (Å²) >= 11 is 0. The van der Waals surface area contributed by atoms with E-state index in [1.165, 1.54) is 23.3 Å². The van der Waals surface area contributed by atoms with E-state index < -0.39 is 63.9 Å². The Labute approximate surface area is 268 Å². The van der Waals surface area contributed by atoms with Crippen LogP contribution in [0.4, 0.5) is 16.1 Å². The summed E-state index contributed by atoms with van der Waals surface area (Å²) in [6, 6.07) is 6.45. The van der Waals surface area contributed by atoms with E-state index in [9.17, 15) is 39.2 Å². The number of anilines is 2. The number of likely N-dealkylation sites (N-methyl/N-ethyl adjacent to an activating group) is 1. The number of halogens is 1. The number of hydrogen-bond acceptors (Lipinski definition) is 12. The number of allylic oxidation sites excluding steroid dienone is 1. The number of oxazole rings is 1. The highest BCUT2D eigenvalue weighted by Gasteiger charge is 2.63. The van der Waals surface area contributed by atoms with Crippen molar-refractivity contribution in [3.05, 3.63) is 81.8 Å². The Balaban J connectivity index is 1.40. The third-order valence-corrected chi connectivity index (χ3v) is 9.33. The lowest BCUT2D eigenvalue weighted by atomic mass is 9.58. The number of nitrogens with one attached hydrogen (secondary N) is 1. The number of aromatic hydroxyl groups is 1. The zero-order chi connectivity index (χ0) is 34.1. The fourth-order valence-corrected chi connectivity index (χ4v) is 7.17. The topological polar surface area (TPSA) is 203 Å². The Morgan fingerprint density at radius 3 is 2.45 bits per heavy atom. The van der Waals surface area contributed by atoms with Crippen molar-refractivity contribution in [2.75, 3.05) is 38.4 Å². The van der Waals surface area contributed by atoms with Gasteiger partial charge in [0.2, 0.25) is 5.78 Å². The molecule has 0 aliphatic heterocycles. The van der Waals surface area contributed by atoms with Gasteiger partial charge >= 0.3 is 0 Å². The van der Waals surface area contributed by atoms with Crippen LogP contribution in [0.15, 0.2) is 63.7 Å². The molecule has 3 aliphatic rings. The second kappa shape index (κ2) is 11.2. The number of hydrogen-bond donors (Lipinski definition) is 6. The number of ketones is 2. The molecule has 0 fully saturated rings. The number of amides is 1. The number of rotatable bonds is 7. The molecule has 246 valence electrons. The van der Waals surface area contributed by atoms with Crippen LogP contribution in [0, 0.1) is 17.7 Å². The highest BCUT2D eigenvalue weighted by atomic mass is 19.1. The van der Waals surface area contributed by atoms with E-state index in [2.05, 4.69) is 10.3 Å². The van der Waals surface area contributed by atoms with Gasteiger partial charge in [-0.2, -0.15) is 4.98 Å². The lowest BCUT2D eigenvalue weighted by Crippen LogP contribution is -2.63. The number of nitrogens with two attached hydrogens (primary N) is 1. The highest BCUT2D eigenvalue weighted by molar-refractivity contribution is 6.25. The summed E-state index contributed by atoms with van der Waals surface area (Å²) in [5.74, 6) is -7.50. The first-order valence-electron chi connectivity index (χ1n) is 14.8. The fraction of sp³-hybridized carbons (Fsp3) is 0.333. The minimum absolute atomic E-state index is 0.0107. The summed E-state index contributed by atoms with van der Waals surface area (Å²) < 4.78 is 18.8. The van der Waals surface area contributed by atoms with Crippen LogP contribution in [0.5, 0.6) is 5.75 Å². The molecule has 7 N–H and O–H groups in total. The van der Waals surface area contributed by atoms with Gasteiger partial charge in [-0.1, -0.05) is 0 Å². The fourth-order valence-electron chi connectivity index (χ4n) is 7.17. The van der Waals surface area contributed by atoms with Crippen molar-refractivity contribution >= 4 is 29.2 Å². The molecule has 0 spiro atoms.